The van der Waals surface area contributed by atoms with Gasteiger partial charge in [-0.25, -0.2) is 9.97 Å². The topological polar surface area (TPSA) is 85.8 Å². The fourth-order valence-electron chi connectivity index (χ4n) is 3.16. The summed E-state index contributed by atoms with van der Waals surface area (Å²) in [4.78, 5) is 19.6. The highest BCUT2D eigenvalue weighted by atomic mass is 35.5. The summed E-state index contributed by atoms with van der Waals surface area (Å²) in [6.07, 6.45) is 5.62. The maximum absolute atomic E-state index is 11.2. The molecular formula is C22H24ClN5O. The minimum atomic E-state index is -0.443. The Bertz CT molecular complexity index is 1050. The molecule has 29 heavy (non-hydrogen) atoms. The summed E-state index contributed by atoms with van der Waals surface area (Å²) < 4.78 is 2.12. The highest BCUT2D eigenvalue weighted by molar-refractivity contribution is 6.33. The van der Waals surface area contributed by atoms with Crippen LogP contribution in [0.1, 0.15) is 35.7 Å². The lowest BCUT2D eigenvalue weighted by molar-refractivity contribution is 0.1000. The summed E-state index contributed by atoms with van der Waals surface area (Å²) in [5.74, 6) is 6.25. The van der Waals surface area contributed by atoms with Gasteiger partial charge in [0.1, 0.15) is 17.1 Å². The van der Waals surface area contributed by atoms with Crippen molar-refractivity contribution in [3.8, 4) is 11.8 Å². The van der Waals surface area contributed by atoms with E-state index in [1.165, 1.54) is 6.33 Å². The average molecular weight is 410 g/mol. The van der Waals surface area contributed by atoms with Crippen LogP contribution in [0.5, 0.6) is 0 Å². The van der Waals surface area contributed by atoms with E-state index in [9.17, 15) is 4.79 Å². The van der Waals surface area contributed by atoms with E-state index in [-0.39, 0.29) is 0 Å². The first-order valence-electron chi connectivity index (χ1n) is 9.63. The summed E-state index contributed by atoms with van der Waals surface area (Å²) in [7, 11) is 0. The second-order valence-electron chi connectivity index (χ2n) is 6.85. The molecule has 3 rings (SSSR count). The molecule has 0 bridgehead atoms. The summed E-state index contributed by atoms with van der Waals surface area (Å²) >= 11 is 6.12. The number of hydrogen-bond acceptors (Lipinski definition) is 4. The first-order valence-corrected chi connectivity index (χ1v) is 10.0. The number of benzene rings is 1. The maximum Gasteiger partial charge on any atom is 0.248 e. The monoisotopic (exact) mass is 409 g/mol. The Labute approximate surface area is 175 Å². The Balaban J connectivity index is 1.48. The smallest absolute Gasteiger partial charge is 0.248 e. The Kier molecular flexibility index (Phi) is 7.23. The Morgan fingerprint density at radius 2 is 2.21 bits per heavy atom. The van der Waals surface area contributed by atoms with Crippen molar-refractivity contribution in [3.05, 3.63) is 59.1 Å². The molecular weight excluding hydrogens is 386 g/mol. The van der Waals surface area contributed by atoms with Gasteiger partial charge in [-0.1, -0.05) is 42.9 Å². The Hall–Kier alpha value is -2.88. The SMILES string of the molecule is CCC(CCn1ccc2c(Cl)ncnc21)CNCC#Cc1cccc(C(N)=O)c1. The van der Waals surface area contributed by atoms with Crippen molar-refractivity contribution in [2.75, 3.05) is 13.1 Å². The number of nitrogens with zero attached hydrogens (tertiary/aromatic N) is 3. The van der Waals surface area contributed by atoms with E-state index >= 15 is 0 Å². The van der Waals surface area contributed by atoms with E-state index in [0.717, 1.165) is 42.5 Å². The molecule has 0 aliphatic rings. The first kappa shape index (κ1) is 20.8. The van der Waals surface area contributed by atoms with Crippen molar-refractivity contribution in [3.63, 3.8) is 0 Å². The zero-order valence-electron chi connectivity index (χ0n) is 16.4. The van der Waals surface area contributed by atoms with Crippen LogP contribution < -0.4 is 11.1 Å². The first-order chi connectivity index (χ1) is 14.1. The van der Waals surface area contributed by atoms with Crippen molar-refractivity contribution >= 4 is 28.5 Å². The van der Waals surface area contributed by atoms with Gasteiger partial charge < -0.3 is 15.6 Å². The number of rotatable bonds is 8. The van der Waals surface area contributed by atoms with E-state index in [2.05, 4.69) is 38.6 Å². The molecule has 0 saturated carbocycles. The lowest BCUT2D eigenvalue weighted by Gasteiger charge is -2.15. The van der Waals surface area contributed by atoms with Gasteiger partial charge in [-0.05, 0) is 43.1 Å². The van der Waals surface area contributed by atoms with E-state index in [0.29, 0.717) is 23.2 Å². The number of carbonyl (C=O) groups is 1. The van der Waals surface area contributed by atoms with Gasteiger partial charge in [0.2, 0.25) is 5.91 Å². The second-order valence-corrected chi connectivity index (χ2v) is 7.21. The molecule has 1 atom stereocenters. The maximum atomic E-state index is 11.2. The summed E-state index contributed by atoms with van der Waals surface area (Å²) in [5.41, 5.74) is 7.43. The van der Waals surface area contributed by atoms with Crippen LogP contribution in [0.15, 0.2) is 42.9 Å². The van der Waals surface area contributed by atoms with Gasteiger partial charge in [0.25, 0.3) is 0 Å². The number of amides is 1. The molecule has 3 N–H and O–H groups in total. The number of fused-ring (bicyclic) bond motifs is 1. The third-order valence-electron chi connectivity index (χ3n) is 4.89. The molecule has 7 heteroatoms. The zero-order valence-corrected chi connectivity index (χ0v) is 17.1. The van der Waals surface area contributed by atoms with Crippen LogP contribution in [0.25, 0.3) is 11.0 Å². The fourth-order valence-corrected chi connectivity index (χ4v) is 3.35. The van der Waals surface area contributed by atoms with Crippen LogP contribution >= 0.6 is 11.6 Å². The molecule has 150 valence electrons. The van der Waals surface area contributed by atoms with Crippen LogP contribution in [0.2, 0.25) is 5.15 Å². The van der Waals surface area contributed by atoms with Gasteiger partial charge in [0, 0.05) is 23.9 Å². The summed E-state index contributed by atoms with van der Waals surface area (Å²) in [6.45, 7) is 4.55. The predicted octanol–water partition coefficient (Wildman–Crippen LogP) is 3.24. The highest BCUT2D eigenvalue weighted by Crippen LogP contribution is 2.21. The molecule has 0 aliphatic carbocycles. The number of nitrogens with two attached hydrogens (primary N) is 1. The molecule has 0 radical (unpaired) electrons. The summed E-state index contributed by atoms with van der Waals surface area (Å²) in [6, 6.07) is 9.01. The standard InChI is InChI=1S/C22H24ClN5O/c1-2-16(8-11-28-12-9-19-20(23)26-15-27-22(19)28)14-25-10-4-6-17-5-3-7-18(13-17)21(24)29/h3,5,7,9,12-13,15-16,25H,2,8,10-11,14H2,1H3,(H2,24,29). The lowest BCUT2D eigenvalue weighted by atomic mass is 10.0. The van der Waals surface area contributed by atoms with E-state index in [1.54, 1.807) is 18.2 Å². The number of hydrogen-bond donors (Lipinski definition) is 2. The lowest BCUT2D eigenvalue weighted by Crippen LogP contribution is -2.23. The third-order valence-corrected chi connectivity index (χ3v) is 5.19. The Morgan fingerprint density at radius 3 is 3.00 bits per heavy atom. The summed E-state index contributed by atoms with van der Waals surface area (Å²) in [5, 5.41) is 4.77. The Morgan fingerprint density at radius 1 is 1.34 bits per heavy atom. The van der Waals surface area contributed by atoms with E-state index in [4.69, 9.17) is 17.3 Å². The van der Waals surface area contributed by atoms with Gasteiger partial charge in [0.15, 0.2) is 0 Å². The fraction of sp³-hybridized carbons (Fsp3) is 0.318. The largest absolute Gasteiger partial charge is 0.366 e. The number of primary amides is 1. The molecule has 0 saturated heterocycles. The average Bonchev–Trinajstić information content (AvgIpc) is 3.14. The molecule has 0 spiro atoms. The van der Waals surface area contributed by atoms with Crippen molar-refractivity contribution < 1.29 is 4.79 Å². The minimum absolute atomic E-state index is 0.443. The third kappa shape index (κ3) is 5.57. The molecule has 0 fully saturated rings. The van der Waals surface area contributed by atoms with Crippen LogP contribution in [0.3, 0.4) is 0 Å². The highest BCUT2D eigenvalue weighted by Gasteiger charge is 2.10. The predicted molar refractivity (Wildman–Crippen MR) is 116 cm³/mol. The molecule has 1 amide bonds. The van der Waals surface area contributed by atoms with Gasteiger partial charge in [-0.3, -0.25) is 4.79 Å². The normalized spacial score (nSPS) is 11.8. The zero-order chi connectivity index (χ0) is 20.6. The van der Waals surface area contributed by atoms with Crippen molar-refractivity contribution in [2.24, 2.45) is 11.7 Å². The number of aryl methyl sites for hydroxylation is 1. The van der Waals surface area contributed by atoms with Crippen molar-refractivity contribution in [1.82, 2.24) is 19.9 Å². The van der Waals surface area contributed by atoms with E-state index < -0.39 is 5.91 Å². The van der Waals surface area contributed by atoms with E-state index in [1.807, 2.05) is 18.3 Å². The van der Waals surface area contributed by atoms with Crippen LogP contribution in [0, 0.1) is 17.8 Å². The molecule has 6 nitrogen and oxygen atoms in total. The van der Waals surface area contributed by atoms with Crippen molar-refractivity contribution in [2.45, 2.75) is 26.3 Å². The van der Waals surface area contributed by atoms with Gasteiger partial charge in [-0.15, -0.1) is 0 Å². The number of nitrogens with one attached hydrogen (secondary N) is 1. The molecule has 3 aromatic rings. The van der Waals surface area contributed by atoms with Gasteiger partial charge in [0.05, 0.1) is 11.9 Å². The van der Waals surface area contributed by atoms with Gasteiger partial charge >= 0.3 is 0 Å². The molecule has 1 unspecified atom stereocenters. The second kappa shape index (κ2) is 10.1. The number of carbonyl (C=O) groups excluding carboxylic acids is 1. The number of halogens is 1. The van der Waals surface area contributed by atoms with Gasteiger partial charge in [-0.2, -0.15) is 0 Å². The number of aromatic nitrogens is 3. The molecule has 1 aromatic carbocycles. The van der Waals surface area contributed by atoms with Crippen LogP contribution in [-0.2, 0) is 6.54 Å². The van der Waals surface area contributed by atoms with Crippen molar-refractivity contribution in [1.29, 1.82) is 0 Å². The quantitative estimate of drug-likeness (QED) is 0.339. The molecule has 2 aromatic heterocycles. The molecule has 0 aliphatic heterocycles. The van der Waals surface area contributed by atoms with Crippen LogP contribution in [-0.4, -0.2) is 33.5 Å². The molecule has 2 heterocycles. The van der Waals surface area contributed by atoms with Crippen LogP contribution in [0.4, 0.5) is 0 Å². The minimum Gasteiger partial charge on any atom is -0.366 e.